The van der Waals surface area contributed by atoms with Crippen molar-refractivity contribution in [3.8, 4) is 0 Å². The van der Waals surface area contributed by atoms with E-state index >= 15 is 0 Å². The van der Waals surface area contributed by atoms with Gasteiger partial charge in [0.05, 0.1) is 4.90 Å². The normalized spacial score (nSPS) is 11.1. The van der Waals surface area contributed by atoms with Crippen molar-refractivity contribution in [1.29, 1.82) is 0 Å². The molecule has 0 bridgehead atoms. The number of carbonyl (C=O) groups excluding carboxylic acids is 1. The molecule has 1 N–H and O–H groups in total. The molecular formula is C17H21N3O3S. The van der Waals surface area contributed by atoms with Crippen molar-refractivity contribution in [3.63, 3.8) is 0 Å². The van der Waals surface area contributed by atoms with Gasteiger partial charge in [0.15, 0.2) is 0 Å². The molecule has 2 aromatic rings. The van der Waals surface area contributed by atoms with E-state index < -0.39 is 16.1 Å². The third kappa shape index (κ3) is 4.79. The highest BCUT2D eigenvalue weighted by Crippen LogP contribution is 2.10. The predicted octanol–water partition coefficient (Wildman–Crippen LogP) is 2.35. The molecule has 1 aromatic carbocycles. The quantitative estimate of drug-likeness (QED) is 0.870. The van der Waals surface area contributed by atoms with Gasteiger partial charge in [0.1, 0.15) is 0 Å². The van der Waals surface area contributed by atoms with Crippen LogP contribution in [0.3, 0.4) is 0 Å². The Kier molecular flexibility index (Phi) is 5.92. The second-order valence-corrected chi connectivity index (χ2v) is 7.09. The van der Waals surface area contributed by atoms with Crippen LogP contribution in [0.2, 0.25) is 0 Å². The molecule has 0 saturated heterocycles. The van der Waals surface area contributed by atoms with E-state index in [0.717, 1.165) is 11.1 Å². The standard InChI is InChI=1S/C17H21N3O3S/c1-3-20(13-10-15-8-11-18-12-9-15)17(21)19-24(22,23)16-6-4-14(2)5-7-16/h4-9,11-12H,3,10,13H2,1-2H3,(H,19,21). The molecule has 0 fully saturated rings. The zero-order valence-corrected chi connectivity index (χ0v) is 14.6. The Balaban J connectivity index is 2.01. The van der Waals surface area contributed by atoms with E-state index in [9.17, 15) is 13.2 Å². The molecule has 0 unspecified atom stereocenters. The molecule has 1 aromatic heterocycles. The minimum absolute atomic E-state index is 0.0756. The van der Waals surface area contributed by atoms with Crippen LogP contribution in [0.4, 0.5) is 4.79 Å². The number of rotatable bonds is 6. The summed E-state index contributed by atoms with van der Waals surface area (Å²) in [6.45, 7) is 4.52. The van der Waals surface area contributed by atoms with Crippen molar-refractivity contribution in [2.75, 3.05) is 13.1 Å². The Hall–Kier alpha value is -2.41. The number of carbonyl (C=O) groups is 1. The van der Waals surface area contributed by atoms with Gasteiger partial charge in [-0.15, -0.1) is 0 Å². The van der Waals surface area contributed by atoms with Crippen LogP contribution >= 0.6 is 0 Å². The summed E-state index contributed by atoms with van der Waals surface area (Å²) in [4.78, 5) is 17.8. The molecule has 0 spiro atoms. The van der Waals surface area contributed by atoms with Gasteiger partial charge in [-0.25, -0.2) is 17.9 Å². The lowest BCUT2D eigenvalue weighted by Crippen LogP contribution is -2.43. The van der Waals surface area contributed by atoms with Gasteiger partial charge in [0.2, 0.25) is 0 Å². The molecule has 128 valence electrons. The van der Waals surface area contributed by atoms with Gasteiger partial charge >= 0.3 is 6.03 Å². The van der Waals surface area contributed by atoms with Crippen LogP contribution in [0.25, 0.3) is 0 Å². The zero-order chi connectivity index (χ0) is 17.6. The highest BCUT2D eigenvalue weighted by atomic mass is 32.2. The SMILES string of the molecule is CCN(CCc1ccncc1)C(=O)NS(=O)(=O)c1ccc(C)cc1. The molecule has 24 heavy (non-hydrogen) atoms. The summed E-state index contributed by atoms with van der Waals surface area (Å²) in [5.74, 6) is 0. The van der Waals surface area contributed by atoms with Gasteiger partial charge in [-0.2, -0.15) is 0 Å². The van der Waals surface area contributed by atoms with Crippen LogP contribution in [0.5, 0.6) is 0 Å². The number of nitrogens with zero attached hydrogens (tertiary/aromatic N) is 2. The molecule has 0 radical (unpaired) electrons. The van der Waals surface area contributed by atoms with Crippen LogP contribution < -0.4 is 4.72 Å². The van der Waals surface area contributed by atoms with Crippen LogP contribution in [0.15, 0.2) is 53.7 Å². The number of urea groups is 1. The number of pyridine rings is 1. The Morgan fingerprint density at radius 3 is 2.33 bits per heavy atom. The van der Waals surface area contributed by atoms with Crippen molar-refractivity contribution in [3.05, 3.63) is 59.9 Å². The van der Waals surface area contributed by atoms with E-state index in [0.29, 0.717) is 19.5 Å². The van der Waals surface area contributed by atoms with E-state index in [1.807, 2.05) is 26.0 Å². The number of benzene rings is 1. The van der Waals surface area contributed by atoms with Crippen molar-refractivity contribution in [2.45, 2.75) is 25.2 Å². The second-order valence-electron chi connectivity index (χ2n) is 5.41. The van der Waals surface area contributed by atoms with Crippen LogP contribution in [0.1, 0.15) is 18.1 Å². The number of amides is 2. The molecule has 1 heterocycles. The molecular weight excluding hydrogens is 326 g/mol. The molecule has 0 aliphatic rings. The molecule has 0 saturated carbocycles. The minimum Gasteiger partial charge on any atom is -0.324 e. The summed E-state index contributed by atoms with van der Waals surface area (Å²) in [6, 6.07) is 9.48. The smallest absolute Gasteiger partial charge is 0.324 e. The number of hydrogen-bond acceptors (Lipinski definition) is 4. The lowest BCUT2D eigenvalue weighted by molar-refractivity contribution is 0.207. The fraction of sp³-hybridized carbons (Fsp3) is 0.294. The minimum atomic E-state index is -3.87. The van der Waals surface area contributed by atoms with Gasteiger partial charge in [0.25, 0.3) is 10.0 Å². The van der Waals surface area contributed by atoms with E-state index in [1.54, 1.807) is 24.5 Å². The number of aryl methyl sites for hydroxylation is 1. The summed E-state index contributed by atoms with van der Waals surface area (Å²) in [7, 11) is -3.87. The fourth-order valence-corrected chi connectivity index (χ4v) is 3.14. The number of sulfonamides is 1. The molecule has 0 aliphatic heterocycles. The Labute approximate surface area is 142 Å². The predicted molar refractivity (Wildman–Crippen MR) is 92.1 cm³/mol. The van der Waals surface area contributed by atoms with Crippen molar-refractivity contribution in [1.82, 2.24) is 14.6 Å². The van der Waals surface area contributed by atoms with Crippen LogP contribution in [-0.2, 0) is 16.4 Å². The first kappa shape index (κ1) is 17.9. The summed E-state index contributed by atoms with van der Waals surface area (Å²) >= 11 is 0. The largest absolute Gasteiger partial charge is 0.331 e. The number of nitrogens with one attached hydrogen (secondary N) is 1. The number of likely N-dealkylation sites (N-methyl/N-ethyl adjacent to an activating group) is 1. The molecule has 6 nitrogen and oxygen atoms in total. The molecule has 2 rings (SSSR count). The Bertz CT molecular complexity index is 774. The maximum atomic E-state index is 12.3. The average Bonchev–Trinajstić information content (AvgIpc) is 2.56. The lowest BCUT2D eigenvalue weighted by Gasteiger charge is -2.21. The fourth-order valence-electron chi connectivity index (χ4n) is 2.17. The van der Waals surface area contributed by atoms with Crippen molar-refractivity contribution >= 4 is 16.1 Å². The van der Waals surface area contributed by atoms with Crippen LogP contribution in [-0.4, -0.2) is 37.4 Å². The van der Waals surface area contributed by atoms with Gasteiger partial charge in [0, 0.05) is 25.5 Å². The highest BCUT2D eigenvalue weighted by Gasteiger charge is 2.21. The molecule has 0 aliphatic carbocycles. The molecule has 7 heteroatoms. The van der Waals surface area contributed by atoms with Crippen LogP contribution in [0, 0.1) is 6.92 Å². The summed E-state index contributed by atoms with van der Waals surface area (Å²) < 4.78 is 26.7. The Morgan fingerprint density at radius 2 is 1.75 bits per heavy atom. The van der Waals surface area contributed by atoms with Gasteiger partial charge in [-0.05, 0) is 50.1 Å². The van der Waals surface area contributed by atoms with E-state index in [1.165, 1.54) is 17.0 Å². The first-order valence-corrected chi connectivity index (χ1v) is 9.18. The van der Waals surface area contributed by atoms with Gasteiger partial charge in [-0.3, -0.25) is 4.98 Å². The van der Waals surface area contributed by atoms with Gasteiger partial charge < -0.3 is 4.90 Å². The summed E-state index contributed by atoms with van der Waals surface area (Å²) in [5.41, 5.74) is 1.99. The Morgan fingerprint density at radius 1 is 1.12 bits per heavy atom. The van der Waals surface area contributed by atoms with E-state index in [4.69, 9.17) is 0 Å². The third-order valence-corrected chi connectivity index (χ3v) is 4.98. The zero-order valence-electron chi connectivity index (χ0n) is 13.8. The van der Waals surface area contributed by atoms with Gasteiger partial charge in [-0.1, -0.05) is 17.7 Å². The molecule has 0 atom stereocenters. The van der Waals surface area contributed by atoms with E-state index in [-0.39, 0.29) is 4.90 Å². The topological polar surface area (TPSA) is 79.4 Å². The van der Waals surface area contributed by atoms with Crippen molar-refractivity contribution in [2.24, 2.45) is 0 Å². The maximum absolute atomic E-state index is 12.3. The highest BCUT2D eigenvalue weighted by molar-refractivity contribution is 7.90. The molecule has 2 amide bonds. The monoisotopic (exact) mass is 347 g/mol. The average molecular weight is 347 g/mol. The third-order valence-electron chi connectivity index (χ3n) is 3.64. The summed E-state index contributed by atoms with van der Waals surface area (Å²) in [6.07, 6.45) is 4.01. The first-order chi connectivity index (χ1) is 11.4. The second kappa shape index (κ2) is 7.92. The number of hydrogen-bond donors (Lipinski definition) is 1. The van der Waals surface area contributed by atoms with E-state index in [2.05, 4.69) is 9.71 Å². The number of aromatic nitrogens is 1. The summed E-state index contributed by atoms with van der Waals surface area (Å²) in [5, 5.41) is 0. The van der Waals surface area contributed by atoms with Crippen molar-refractivity contribution < 1.29 is 13.2 Å². The first-order valence-electron chi connectivity index (χ1n) is 7.69. The maximum Gasteiger partial charge on any atom is 0.331 e. The lowest BCUT2D eigenvalue weighted by atomic mass is 10.2.